The van der Waals surface area contributed by atoms with Crippen molar-refractivity contribution in [2.75, 3.05) is 13.7 Å². The van der Waals surface area contributed by atoms with Crippen LogP contribution >= 0.6 is 0 Å². The number of methoxy groups -OCH3 is 1. The SMILES string of the molecule is C=C[C@H]1C[C@@]1(NC(=O)[C@H]1C[C@@H](Oc2nccc3cc(OC)ccc23)CN1C(=O)[C@@H](NC(=O)N[C@@H](C(=O)OC(C)(C)C)C(C)C)C(C)(C)C)C(=O)NS(=O)(=O)C1CC1. The second kappa shape index (κ2) is 16.1. The van der Waals surface area contributed by atoms with Gasteiger partial charge in [-0.3, -0.25) is 19.1 Å². The van der Waals surface area contributed by atoms with Gasteiger partial charge in [0.05, 0.1) is 18.9 Å². The largest absolute Gasteiger partial charge is 0.497 e. The second-order valence-electron chi connectivity index (χ2n) is 17.5. The van der Waals surface area contributed by atoms with E-state index >= 15 is 0 Å². The van der Waals surface area contributed by atoms with Gasteiger partial charge in [0.25, 0.3) is 5.91 Å². The molecule has 17 heteroatoms. The molecule has 2 aliphatic carbocycles. The van der Waals surface area contributed by atoms with Crippen molar-refractivity contribution in [2.24, 2.45) is 17.3 Å². The fourth-order valence-corrected chi connectivity index (χ4v) is 8.26. The number of ether oxygens (including phenoxy) is 3. The molecule has 1 aromatic carbocycles. The Hall–Kier alpha value is -4.93. The Morgan fingerprint density at radius 1 is 1.04 bits per heavy atom. The number of pyridine rings is 1. The molecular weight excluding hydrogens is 757 g/mol. The molecule has 312 valence electrons. The Balaban J connectivity index is 1.43. The zero-order valence-corrected chi connectivity index (χ0v) is 34.9. The first-order valence-corrected chi connectivity index (χ1v) is 20.7. The Labute approximate surface area is 334 Å². The molecule has 0 bridgehead atoms. The van der Waals surface area contributed by atoms with Crippen LogP contribution < -0.4 is 30.1 Å². The van der Waals surface area contributed by atoms with Crippen LogP contribution in [0.25, 0.3) is 10.8 Å². The summed E-state index contributed by atoms with van der Waals surface area (Å²) in [6.45, 7) is 17.6. The van der Waals surface area contributed by atoms with Crippen molar-refractivity contribution in [3.05, 3.63) is 43.1 Å². The lowest BCUT2D eigenvalue weighted by molar-refractivity contribution is -0.158. The molecule has 3 fully saturated rings. The maximum absolute atomic E-state index is 14.7. The lowest BCUT2D eigenvalue weighted by Gasteiger charge is -2.36. The van der Waals surface area contributed by atoms with E-state index in [1.807, 2.05) is 6.07 Å². The maximum Gasteiger partial charge on any atom is 0.329 e. The molecule has 3 aliphatic rings. The van der Waals surface area contributed by atoms with Crippen LogP contribution in [0.15, 0.2) is 43.1 Å². The minimum Gasteiger partial charge on any atom is -0.497 e. The zero-order chi connectivity index (χ0) is 42.2. The number of hydrogen-bond donors (Lipinski definition) is 4. The van der Waals surface area contributed by atoms with Gasteiger partial charge in [-0.05, 0) is 81.0 Å². The van der Waals surface area contributed by atoms with Crippen molar-refractivity contribution in [1.29, 1.82) is 0 Å². The van der Waals surface area contributed by atoms with Gasteiger partial charge in [-0.15, -0.1) is 6.58 Å². The number of fused-ring (bicyclic) bond motifs is 1. The molecular formula is C40H56N6O10S. The number of esters is 1. The Morgan fingerprint density at radius 2 is 1.72 bits per heavy atom. The highest BCUT2D eigenvalue weighted by Gasteiger charge is 2.62. The van der Waals surface area contributed by atoms with Gasteiger partial charge in [0, 0.05) is 23.9 Å². The number of rotatable bonds is 14. The number of likely N-dealkylation sites (tertiary alicyclic amines) is 1. The molecule has 0 unspecified atom stereocenters. The van der Waals surface area contributed by atoms with Gasteiger partial charge in [-0.25, -0.2) is 23.0 Å². The number of carbonyl (C=O) groups is 5. The monoisotopic (exact) mass is 812 g/mol. The van der Waals surface area contributed by atoms with Crippen LogP contribution in [0.5, 0.6) is 11.6 Å². The Bertz CT molecular complexity index is 2020. The summed E-state index contributed by atoms with van der Waals surface area (Å²) in [4.78, 5) is 75.0. The highest BCUT2D eigenvalue weighted by atomic mass is 32.2. The third kappa shape index (κ3) is 9.97. The predicted octanol–water partition coefficient (Wildman–Crippen LogP) is 3.34. The number of benzene rings is 1. The summed E-state index contributed by atoms with van der Waals surface area (Å²) in [7, 11) is -2.38. The van der Waals surface area contributed by atoms with Crippen LogP contribution in [-0.4, -0.2) is 102 Å². The highest BCUT2D eigenvalue weighted by molar-refractivity contribution is 7.91. The summed E-state index contributed by atoms with van der Waals surface area (Å²) in [5, 5.41) is 8.96. The van der Waals surface area contributed by atoms with E-state index in [0.29, 0.717) is 24.0 Å². The number of carbonyl (C=O) groups excluding carboxylic acids is 5. The minimum absolute atomic E-state index is 0.0280. The molecule has 5 rings (SSSR count). The third-order valence-corrected chi connectivity index (χ3v) is 12.1. The normalized spacial score (nSPS) is 23.2. The number of sulfonamides is 1. The first-order valence-electron chi connectivity index (χ1n) is 19.2. The molecule has 57 heavy (non-hydrogen) atoms. The third-order valence-electron chi connectivity index (χ3n) is 10.3. The van der Waals surface area contributed by atoms with Crippen molar-refractivity contribution in [1.82, 2.24) is 30.6 Å². The molecule has 2 heterocycles. The van der Waals surface area contributed by atoms with E-state index in [1.54, 1.807) is 86.9 Å². The van der Waals surface area contributed by atoms with Gasteiger partial charge >= 0.3 is 12.0 Å². The summed E-state index contributed by atoms with van der Waals surface area (Å²) >= 11 is 0. The summed E-state index contributed by atoms with van der Waals surface area (Å²) in [6.07, 6.45) is 3.23. The molecule has 5 amide bonds. The number of urea groups is 1. The fraction of sp³-hybridized carbons (Fsp3) is 0.600. The average Bonchev–Trinajstić information content (AvgIpc) is 4.04. The van der Waals surface area contributed by atoms with Crippen molar-refractivity contribution < 1.29 is 46.6 Å². The summed E-state index contributed by atoms with van der Waals surface area (Å²) in [5.41, 5.74) is -3.31. The van der Waals surface area contributed by atoms with Crippen molar-refractivity contribution >= 4 is 50.5 Å². The molecule has 2 aromatic rings. The molecule has 1 saturated heterocycles. The molecule has 6 atom stereocenters. The van der Waals surface area contributed by atoms with Gasteiger partial charge in [-0.1, -0.05) is 40.7 Å². The number of nitrogens with one attached hydrogen (secondary N) is 4. The summed E-state index contributed by atoms with van der Waals surface area (Å²) in [6, 6.07) is 2.91. The lowest BCUT2D eigenvalue weighted by Crippen LogP contribution is -2.62. The summed E-state index contributed by atoms with van der Waals surface area (Å²) in [5.74, 6) is -2.86. The first kappa shape index (κ1) is 43.2. The van der Waals surface area contributed by atoms with Crippen LogP contribution in [0.1, 0.15) is 81.1 Å². The minimum atomic E-state index is -3.93. The van der Waals surface area contributed by atoms with Crippen molar-refractivity contribution in [2.45, 2.75) is 122 Å². The number of hydrogen-bond acceptors (Lipinski definition) is 11. The zero-order valence-electron chi connectivity index (χ0n) is 34.1. The average molecular weight is 813 g/mol. The molecule has 16 nitrogen and oxygen atoms in total. The number of nitrogens with zero attached hydrogens (tertiary/aromatic N) is 2. The maximum atomic E-state index is 14.7. The predicted molar refractivity (Wildman–Crippen MR) is 211 cm³/mol. The van der Waals surface area contributed by atoms with Crippen LogP contribution in [0.3, 0.4) is 0 Å². The van der Waals surface area contributed by atoms with Crippen LogP contribution in [0.4, 0.5) is 4.79 Å². The van der Waals surface area contributed by atoms with E-state index in [-0.39, 0.29) is 31.2 Å². The van der Waals surface area contributed by atoms with Gasteiger partial charge < -0.3 is 35.1 Å². The van der Waals surface area contributed by atoms with E-state index in [9.17, 15) is 32.4 Å². The number of aromatic nitrogens is 1. The van der Waals surface area contributed by atoms with Crippen molar-refractivity contribution in [3.8, 4) is 11.6 Å². The lowest BCUT2D eigenvalue weighted by atomic mass is 9.85. The first-order chi connectivity index (χ1) is 26.5. The molecule has 4 N–H and O–H groups in total. The Morgan fingerprint density at radius 3 is 2.28 bits per heavy atom. The fourth-order valence-electron chi connectivity index (χ4n) is 6.89. The van der Waals surface area contributed by atoms with Crippen LogP contribution in [0, 0.1) is 17.3 Å². The van der Waals surface area contributed by atoms with Gasteiger partial charge in [0.15, 0.2) is 0 Å². The van der Waals surface area contributed by atoms with E-state index < -0.39 is 91.7 Å². The van der Waals surface area contributed by atoms with Crippen molar-refractivity contribution in [3.63, 3.8) is 0 Å². The standard InChI is InChI=1S/C40H56N6O10S/c1-11-24-20-40(24,36(50)45-57(52,53)27-13-14-27)44-32(47)29-19-26(55-33-28-15-12-25(54-10)18-23(28)16-17-41-33)21-46(29)34(48)31(38(4,5)6)43-37(51)42-30(22(2)3)35(49)56-39(7,8)9/h11-12,15-18,22,24,26-27,29-31H,1,13-14,19-21H2,2-10H3,(H,44,47)(H,45,50)(H2,42,43,51)/t24-,26+,29+,30+,31+,40-/m0/s1. The van der Waals surface area contributed by atoms with Gasteiger partial charge in [-0.2, -0.15) is 0 Å². The molecule has 0 spiro atoms. The van der Waals surface area contributed by atoms with Gasteiger partial charge in [0.2, 0.25) is 27.7 Å². The van der Waals surface area contributed by atoms with Crippen LogP contribution in [0.2, 0.25) is 0 Å². The molecule has 1 aliphatic heterocycles. The van der Waals surface area contributed by atoms with E-state index in [2.05, 4.69) is 32.2 Å². The van der Waals surface area contributed by atoms with Gasteiger partial charge in [0.1, 0.15) is 41.1 Å². The molecule has 2 saturated carbocycles. The van der Waals surface area contributed by atoms with Crippen LogP contribution in [-0.2, 0) is 33.9 Å². The molecule has 1 aromatic heterocycles. The quantitative estimate of drug-likeness (QED) is 0.161. The smallest absolute Gasteiger partial charge is 0.329 e. The number of amides is 5. The Kier molecular flexibility index (Phi) is 12.2. The molecule has 0 radical (unpaired) electrons. The van der Waals surface area contributed by atoms with E-state index in [4.69, 9.17) is 14.2 Å². The summed E-state index contributed by atoms with van der Waals surface area (Å²) < 4.78 is 44.9. The van der Waals surface area contributed by atoms with E-state index in [0.717, 1.165) is 5.39 Å². The van der Waals surface area contributed by atoms with E-state index in [1.165, 1.54) is 11.0 Å². The topological polar surface area (TPSA) is 211 Å². The highest BCUT2D eigenvalue weighted by Crippen LogP contribution is 2.45. The second-order valence-corrected chi connectivity index (χ2v) is 19.5.